The third kappa shape index (κ3) is 4.16. The fourth-order valence-electron chi connectivity index (χ4n) is 3.66. The van der Waals surface area contributed by atoms with Crippen molar-refractivity contribution in [2.24, 2.45) is 5.73 Å². The van der Waals surface area contributed by atoms with Crippen molar-refractivity contribution < 1.29 is 14.7 Å². The summed E-state index contributed by atoms with van der Waals surface area (Å²) in [6.45, 7) is 7.61. The molecule has 29 heavy (non-hydrogen) atoms. The van der Waals surface area contributed by atoms with E-state index in [4.69, 9.17) is 10.8 Å². The van der Waals surface area contributed by atoms with Crippen LogP contribution in [0, 0.1) is 27.7 Å². The number of aromatic nitrogens is 2. The van der Waals surface area contributed by atoms with Crippen LogP contribution < -0.4 is 5.73 Å². The van der Waals surface area contributed by atoms with Gasteiger partial charge < -0.3 is 10.8 Å². The molecule has 148 valence electrons. The van der Waals surface area contributed by atoms with Gasteiger partial charge in [0.15, 0.2) is 0 Å². The molecule has 3 N–H and O–H groups in total. The number of aryl methyl sites for hydroxylation is 4. The fraction of sp³-hybridized carbons (Fsp3) is 0.217. The zero-order valence-corrected chi connectivity index (χ0v) is 16.9. The third-order valence-electron chi connectivity index (χ3n) is 4.88. The van der Waals surface area contributed by atoms with E-state index in [1.807, 2.05) is 57.2 Å². The fourth-order valence-corrected chi connectivity index (χ4v) is 3.66. The summed E-state index contributed by atoms with van der Waals surface area (Å²) >= 11 is 0. The summed E-state index contributed by atoms with van der Waals surface area (Å²) in [5, 5.41) is 8.93. The van der Waals surface area contributed by atoms with Gasteiger partial charge in [-0.1, -0.05) is 24.3 Å². The second-order valence-corrected chi connectivity index (χ2v) is 7.21. The van der Waals surface area contributed by atoms with Gasteiger partial charge in [-0.3, -0.25) is 14.6 Å². The predicted molar refractivity (Wildman–Crippen MR) is 112 cm³/mol. The number of amides is 1. The van der Waals surface area contributed by atoms with E-state index in [2.05, 4.69) is 9.97 Å². The monoisotopic (exact) mass is 389 g/mol. The lowest BCUT2D eigenvalue weighted by Gasteiger charge is -2.15. The van der Waals surface area contributed by atoms with Crippen molar-refractivity contribution in [3.63, 3.8) is 0 Å². The van der Waals surface area contributed by atoms with Crippen LogP contribution in [0.5, 0.6) is 0 Å². The molecular formula is C23H23N3O3. The molecule has 6 heteroatoms. The summed E-state index contributed by atoms with van der Waals surface area (Å²) in [4.78, 5) is 31.5. The van der Waals surface area contributed by atoms with Crippen LogP contribution in [0.15, 0.2) is 36.4 Å². The standard InChI is InChI=1S/C23H23N3O3/c1-12-9-18(21-14(3)25-15(4)22(26-21)23(24)29)10-13(2)20(12)17-7-5-16(6-8-17)11-19(27)28/h5-10H,11H2,1-4H3,(H2,24,29)(H,27,28). The van der Waals surface area contributed by atoms with Crippen LogP contribution in [0.2, 0.25) is 0 Å². The number of aliphatic carboxylic acids is 1. The number of carboxylic acids is 1. The number of rotatable bonds is 5. The van der Waals surface area contributed by atoms with Gasteiger partial charge in [-0.2, -0.15) is 0 Å². The Kier molecular flexibility index (Phi) is 5.46. The third-order valence-corrected chi connectivity index (χ3v) is 4.88. The highest BCUT2D eigenvalue weighted by atomic mass is 16.4. The molecule has 3 aromatic rings. The zero-order valence-electron chi connectivity index (χ0n) is 16.9. The Bertz CT molecular complexity index is 1100. The van der Waals surface area contributed by atoms with Gasteiger partial charge in [-0.25, -0.2) is 4.98 Å². The van der Waals surface area contributed by atoms with Gasteiger partial charge in [0.2, 0.25) is 0 Å². The van der Waals surface area contributed by atoms with Crippen LogP contribution in [-0.2, 0) is 11.2 Å². The van der Waals surface area contributed by atoms with Crippen LogP contribution in [0.25, 0.3) is 22.4 Å². The van der Waals surface area contributed by atoms with Gasteiger partial charge in [-0.15, -0.1) is 0 Å². The van der Waals surface area contributed by atoms with Crippen LogP contribution in [0.3, 0.4) is 0 Å². The SMILES string of the molecule is Cc1cc(-c2nc(C(N)=O)c(C)nc2C)cc(C)c1-c1ccc(CC(=O)O)cc1. The molecule has 0 aliphatic carbocycles. The number of nitrogens with zero attached hydrogens (tertiary/aromatic N) is 2. The Labute approximate surface area is 169 Å². The van der Waals surface area contributed by atoms with Crippen molar-refractivity contribution >= 4 is 11.9 Å². The van der Waals surface area contributed by atoms with Crippen molar-refractivity contribution in [2.45, 2.75) is 34.1 Å². The van der Waals surface area contributed by atoms with Crippen molar-refractivity contribution in [3.8, 4) is 22.4 Å². The van der Waals surface area contributed by atoms with E-state index in [0.717, 1.165) is 39.1 Å². The van der Waals surface area contributed by atoms with E-state index in [0.29, 0.717) is 11.4 Å². The van der Waals surface area contributed by atoms with Gasteiger partial charge in [0.25, 0.3) is 5.91 Å². The maximum atomic E-state index is 11.7. The Morgan fingerprint density at radius 3 is 2.00 bits per heavy atom. The van der Waals surface area contributed by atoms with Gasteiger partial charge in [0, 0.05) is 5.56 Å². The second kappa shape index (κ2) is 7.83. The maximum Gasteiger partial charge on any atom is 0.307 e. The van der Waals surface area contributed by atoms with Crippen molar-refractivity contribution in [1.29, 1.82) is 0 Å². The summed E-state index contributed by atoms with van der Waals surface area (Å²) in [6.07, 6.45) is 0.00471. The molecule has 0 aliphatic heterocycles. The second-order valence-electron chi connectivity index (χ2n) is 7.21. The lowest BCUT2D eigenvalue weighted by molar-refractivity contribution is -0.136. The lowest BCUT2D eigenvalue weighted by Crippen LogP contribution is -2.17. The molecule has 2 aromatic carbocycles. The van der Waals surface area contributed by atoms with E-state index in [1.165, 1.54) is 0 Å². The molecule has 0 atom stereocenters. The van der Waals surface area contributed by atoms with Crippen LogP contribution in [-0.4, -0.2) is 27.0 Å². The molecule has 0 saturated carbocycles. The average Bonchev–Trinajstić information content (AvgIpc) is 2.61. The first kappa shape index (κ1) is 20.2. The highest BCUT2D eigenvalue weighted by Crippen LogP contribution is 2.32. The molecule has 6 nitrogen and oxygen atoms in total. The molecule has 0 saturated heterocycles. The number of nitrogens with two attached hydrogens (primary N) is 1. The molecule has 1 amide bonds. The quantitative estimate of drug-likeness (QED) is 0.691. The molecule has 1 aromatic heterocycles. The predicted octanol–water partition coefficient (Wildman–Crippen LogP) is 3.77. The van der Waals surface area contributed by atoms with E-state index in [1.54, 1.807) is 6.92 Å². The summed E-state index contributed by atoms with van der Waals surface area (Å²) in [5.41, 5.74) is 13.3. The van der Waals surface area contributed by atoms with E-state index < -0.39 is 11.9 Å². The van der Waals surface area contributed by atoms with Crippen molar-refractivity contribution in [1.82, 2.24) is 9.97 Å². The highest BCUT2D eigenvalue weighted by Gasteiger charge is 2.16. The first-order chi connectivity index (χ1) is 13.7. The molecule has 0 bridgehead atoms. The summed E-state index contributed by atoms with van der Waals surface area (Å²) < 4.78 is 0. The topological polar surface area (TPSA) is 106 Å². The zero-order chi connectivity index (χ0) is 21.3. The minimum atomic E-state index is -0.848. The van der Waals surface area contributed by atoms with Crippen molar-refractivity contribution in [2.75, 3.05) is 0 Å². The van der Waals surface area contributed by atoms with E-state index in [9.17, 15) is 9.59 Å². The molecule has 0 aliphatic rings. The van der Waals surface area contributed by atoms with Crippen molar-refractivity contribution in [3.05, 3.63) is 70.2 Å². The average molecular weight is 389 g/mol. The minimum absolute atomic E-state index is 0.00471. The summed E-state index contributed by atoms with van der Waals surface area (Å²) in [7, 11) is 0. The molecule has 0 spiro atoms. The maximum absolute atomic E-state index is 11.7. The van der Waals surface area contributed by atoms with E-state index in [-0.39, 0.29) is 12.1 Å². The smallest absolute Gasteiger partial charge is 0.307 e. The number of hydrogen-bond acceptors (Lipinski definition) is 4. The molecule has 0 unspecified atom stereocenters. The number of carbonyl (C=O) groups is 2. The normalized spacial score (nSPS) is 10.8. The summed E-state index contributed by atoms with van der Waals surface area (Å²) in [6, 6.07) is 11.6. The molecule has 0 radical (unpaired) electrons. The number of carbonyl (C=O) groups excluding carboxylic acids is 1. The molecule has 3 rings (SSSR count). The van der Waals surface area contributed by atoms with Gasteiger partial charge in [-0.05, 0) is 67.6 Å². The van der Waals surface area contributed by atoms with Gasteiger partial charge in [0.1, 0.15) is 5.69 Å². The Hall–Kier alpha value is -3.54. The number of hydrogen-bond donors (Lipinski definition) is 2. The van der Waals surface area contributed by atoms with Crippen LogP contribution in [0.1, 0.15) is 38.6 Å². The van der Waals surface area contributed by atoms with Crippen LogP contribution in [0.4, 0.5) is 0 Å². The van der Waals surface area contributed by atoms with Crippen LogP contribution >= 0.6 is 0 Å². The number of benzene rings is 2. The summed E-state index contributed by atoms with van der Waals surface area (Å²) in [5.74, 6) is -1.44. The van der Waals surface area contributed by atoms with Gasteiger partial charge >= 0.3 is 5.97 Å². The largest absolute Gasteiger partial charge is 0.481 e. The number of primary amides is 1. The minimum Gasteiger partial charge on any atom is -0.481 e. The molecular weight excluding hydrogens is 366 g/mol. The van der Waals surface area contributed by atoms with E-state index >= 15 is 0 Å². The first-order valence-electron chi connectivity index (χ1n) is 9.25. The molecule has 1 heterocycles. The van der Waals surface area contributed by atoms with Gasteiger partial charge in [0.05, 0.1) is 23.5 Å². The Morgan fingerprint density at radius 2 is 1.48 bits per heavy atom. The Morgan fingerprint density at radius 1 is 0.897 bits per heavy atom. The lowest BCUT2D eigenvalue weighted by atomic mass is 9.91. The number of carboxylic acid groups (broad SMARTS) is 1. The Balaban J connectivity index is 2.06. The first-order valence-corrected chi connectivity index (χ1v) is 9.25. The highest BCUT2D eigenvalue weighted by molar-refractivity contribution is 5.92. The molecule has 0 fully saturated rings.